The molecule has 22 heavy (non-hydrogen) atoms. The Morgan fingerprint density at radius 2 is 2.18 bits per heavy atom. The number of halogens is 2. The largest absolute Gasteiger partial charge is 0.350 e. The maximum absolute atomic E-state index is 6.24. The zero-order chi connectivity index (χ0) is 15.5. The number of likely N-dealkylation sites (tertiary alicyclic amines) is 1. The van der Waals surface area contributed by atoms with Gasteiger partial charge in [0.05, 0.1) is 0 Å². The molecule has 1 N–H and O–H groups in total. The van der Waals surface area contributed by atoms with Gasteiger partial charge in [-0.05, 0) is 43.2 Å². The molecule has 6 heteroatoms. The van der Waals surface area contributed by atoms with Crippen molar-refractivity contribution < 1.29 is 0 Å². The van der Waals surface area contributed by atoms with E-state index >= 15 is 0 Å². The van der Waals surface area contributed by atoms with Crippen molar-refractivity contribution in [2.45, 2.75) is 25.9 Å². The smallest absolute Gasteiger partial charge is 0.223 e. The summed E-state index contributed by atoms with van der Waals surface area (Å²) in [5.74, 6) is 0.702. The van der Waals surface area contributed by atoms with Crippen LogP contribution in [0.5, 0.6) is 0 Å². The summed E-state index contributed by atoms with van der Waals surface area (Å²) in [6, 6.07) is 7.86. The second-order valence-corrected chi connectivity index (χ2v) is 6.47. The lowest BCUT2D eigenvalue weighted by Crippen LogP contribution is -2.26. The Hall–Kier alpha value is -1.36. The van der Waals surface area contributed by atoms with Gasteiger partial charge in [-0.15, -0.1) is 0 Å². The number of hydrogen-bond acceptors (Lipinski definition) is 4. The van der Waals surface area contributed by atoms with E-state index in [9.17, 15) is 0 Å². The number of aryl methyl sites for hydroxylation is 1. The molecule has 0 aliphatic carbocycles. The Kier molecular flexibility index (Phi) is 4.81. The maximum atomic E-state index is 6.24. The van der Waals surface area contributed by atoms with Crippen LogP contribution in [0.15, 0.2) is 30.5 Å². The summed E-state index contributed by atoms with van der Waals surface area (Å²) in [6.07, 6.45) is 2.85. The minimum absolute atomic E-state index is 0.361. The average molecular weight is 337 g/mol. The highest BCUT2D eigenvalue weighted by molar-refractivity contribution is 6.33. The molecule has 0 radical (unpaired) electrons. The molecule has 0 bridgehead atoms. The third kappa shape index (κ3) is 3.88. The molecule has 1 saturated heterocycles. The van der Waals surface area contributed by atoms with Crippen molar-refractivity contribution in [3.05, 3.63) is 51.8 Å². The zero-order valence-electron chi connectivity index (χ0n) is 12.4. The number of nitrogens with zero attached hydrogens (tertiary/aromatic N) is 3. The van der Waals surface area contributed by atoms with Crippen molar-refractivity contribution in [1.29, 1.82) is 0 Å². The fourth-order valence-corrected chi connectivity index (χ4v) is 3.07. The van der Waals surface area contributed by atoms with Crippen LogP contribution in [0, 0.1) is 6.92 Å². The summed E-state index contributed by atoms with van der Waals surface area (Å²) in [5, 5.41) is 4.89. The van der Waals surface area contributed by atoms with Gasteiger partial charge in [0.2, 0.25) is 5.95 Å². The van der Waals surface area contributed by atoms with E-state index in [4.69, 9.17) is 23.2 Å². The first-order valence-electron chi connectivity index (χ1n) is 7.32. The molecule has 1 aromatic carbocycles. The Morgan fingerprint density at radius 1 is 1.32 bits per heavy atom. The first kappa shape index (κ1) is 15.5. The lowest BCUT2D eigenvalue weighted by atomic mass is 10.2. The van der Waals surface area contributed by atoms with Crippen LogP contribution in [-0.4, -0.2) is 34.0 Å². The standard InChI is InChI=1S/C16H18Cl2N4/c1-11-4-6-19-16(20-11)21-14-5-7-22(10-14)9-12-8-13(17)2-3-15(12)18/h2-4,6,8,14H,5,7,9-10H2,1H3,(H,19,20,21). The third-order valence-corrected chi connectivity index (χ3v) is 4.41. The fraction of sp³-hybridized carbons (Fsp3) is 0.375. The summed E-state index contributed by atoms with van der Waals surface area (Å²) in [6.45, 7) is 4.74. The Bertz CT molecular complexity index is 662. The Morgan fingerprint density at radius 3 is 3.00 bits per heavy atom. The molecular weight excluding hydrogens is 319 g/mol. The van der Waals surface area contributed by atoms with Gasteiger partial charge >= 0.3 is 0 Å². The van der Waals surface area contributed by atoms with Crippen molar-refractivity contribution in [1.82, 2.24) is 14.9 Å². The Labute approximate surface area is 140 Å². The van der Waals surface area contributed by atoms with E-state index in [1.54, 1.807) is 6.20 Å². The molecule has 2 aromatic rings. The van der Waals surface area contributed by atoms with Crippen LogP contribution in [-0.2, 0) is 6.54 Å². The second kappa shape index (κ2) is 6.82. The van der Waals surface area contributed by atoms with Gasteiger partial charge in [0, 0.05) is 47.6 Å². The molecule has 4 nitrogen and oxygen atoms in total. The SMILES string of the molecule is Cc1ccnc(NC2CCN(Cc3cc(Cl)ccc3Cl)C2)n1. The Balaban J connectivity index is 1.59. The number of hydrogen-bond donors (Lipinski definition) is 1. The minimum Gasteiger partial charge on any atom is -0.350 e. The highest BCUT2D eigenvalue weighted by atomic mass is 35.5. The van der Waals surface area contributed by atoms with E-state index in [0.29, 0.717) is 12.0 Å². The van der Waals surface area contributed by atoms with Crippen molar-refractivity contribution in [2.24, 2.45) is 0 Å². The van der Waals surface area contributed by atoms with Crippen molar-refractivity contribution >= 4 is 29.2 Å². The molecule has 0 saturated carbocycles. The zero-order valence-corrected chi connectivity index (χ0v) is 13.9. The first-order chi connectivity index (χ1) is 10.6. The lowest BCUT2D eigenvalue weighted by Gasteiger charge is -2.17. The molecule has 2 heterocycles. The van der Waals surface area contributed by atoms with E-state index in [2.05, 4.69) is 20.2 Å². The monoisotopic (exact) mass is 336 g/mol. The van der Waals surface area contributed by atoms with E-state index in [1.807, 2.05) is 31.2 Å². The maximum Gasteiger partial charge on any atom is 0.223 e. The predicted octanol–water partition coefficient (Wildman–Crippen LogP) is 3.78. The van der Waals surface area contributed by atoms with Crippen molar-refractivity contribution in [3.63, 3.8) is 0 Å². The summed E-state index contributed by atoms with van der Waals surface area (Å²) >= 11 is 12.3. The number of aromatic nitrogens is 2. The molecule has 1 unspecified atom stereocenters. The summed E-state index contributed by atoms with van der Waals surface area (Å²) in [4.78, 5) is 11.0. The summed E-state index contributed by atoms with van der Waals surface area (Å²) in [7, 11) is 0. The van der Waals surface area contributed by atoms with Crippen LogP contribution in [0.3, 0.4) is 0 Å². The van der Waals surface area contributed by atoms with Crippen LogP contribution >= 0.6 is 23.2 Å². The predicted molar refractivity (Wildman–Crippen MR) is 90.5 cm³/mol. The van der Waals surface area contributed by atoms with Gasteiger partial charge in [-0.1, -0.05) is 23.2 Å². The highest BCUT2D eigenvalue weighted by Crippen LogP contribution is 2.24. The van der Waals surface area contributed by atoms with E-state index in [0.717, 1.165) is 47.4 Å². The van der Waals surface area contributed by atoms with Crippen molar-refractivity contribution in [3.8, 4) is 0 Å². The average Bonchev–Trinajstić information content (AvgIpc) is 2.90. The molecule has 0 amide bonds. The summed E-state index contributed by atoms with van der Waals surface area (Å²) < 4.78 is 0. The topological polar surface area (TPSA) is 41.1 Å². The molecule has 1 aromatic heterocycles. The molecule has 1 atom stereocenters. The molecule has 1 aliphatic heterocycles. The second-order valence-electron chi connectivity index (χ2n) is 5.62. The quantitative estimate of drug-likeness (QED) is 0.922. The highest BCUT2D eigenvalue weighted by Gasteiger charge is 2.23. The fourth-order valence-electron chi connectivity index (χ4n) is 2.70. The van der Waals surface area contributed by atoms with E-state index in [-0.39, 0.29) is 0 Å². The van der Waals surface area contributed by atoms with Crippen LogP contribution in [0.2, 0.25) is 10.0 Å². The normalized spacial score (nSPS) is 18.6. The van der Waals surface area contributed by atoms with Gasteiger partial charge in [-0.25, -0.2) is 9.97 Å². The van der Waals surface area contributed by atoms with Gasteiger partial charge in [0.25, 0.3) is 0 Å². The lowest BCUT2D eigenvalue weighted by molar-refractivity contribution is 0.328. The third-order valence-electron chi connectivity index (χ3n) is 3.80. The van der Waals surface area contributed by atoms with E-state index < -0.39 is 0 Å². The first-order valence-corrected chi connectivity index (χ1v) is 8.08. The number of rotatable bonds is 4. The minimum atomic E-state index is 0.361. The summed E-state index contributed by atoms with van der Waals surface area (Å²) in [5.41, 5.74) is 2.04. The van der Waals surface area contributed by atoms with Crippen LogP contribution < -0.4 is 5.32 Å². The molecule has 3 rings (SSSR count). The van der Waals surface area contributed by atoms with Gasteiger partial charge in [0.1, 0.15) is 0 Å². The molecule has 1 fully saturated rings. The van der Waals surface area contributed by atoms with Crippen LogP contribution in [0.25, 0.3) is 0 Å². The van der Waals surface area contributed by atoms with Gasteiger partial charge in [-0.3, -0.25) is 4.90 Å². The molecule has 116 valence electrons. The van der Waals surface area contributed by atoms with Crippen LogP contribution in [0.4, 0.5) is 5.95 Å². The number of benzene rings is 1. The van der Waals surface area contributed by atoms with Gasteiger partial charge < -0.3 is 5.32 Å². The van der Waals surface area contributed by atoms with Crippen LogP contribution in [0.1, 0.15) is 17.7 Å². The van der Waals surface area contributed by atoms with Gasteiger partial charge in [0.15, 0.2) is 0 Å². The van der Waals surface area contributed by atoms with E-state index in [1.165, 1.54) is 0 Å². The molecule has 0 spiro atoms. The number of nitrogens with one attached hydrogen (secondary N) is 1. The molecular formula is C16H18Cl2N4. The van der Waals surface area contributed by atoms with Gasteiger partial charge in [-0.2, -0.15) is 0 Å². The molecule has 1 aliphatic rings. The number of anilines is 1. The van der Waals surface area contributed by atoms with Crippen molar-refractivity contribution in [2.75, 3.05) is 18.4 Å².